The Kier molecular flexibility index (Phi) is 1.88. The zero-order valence-electron chi connectivity index (χ0n) is 7.48. The molecule has 0 aliphatic carbocycles. The van der Waals surface area contributed by atoms with E-state index < -0.39 is 0 Å². The van der Waals surface area contributed by atoms with Gasteiger partial charge in [-0.05, 0) is 26.1 Å². The van der Waals surface area contributed by atoms with Gasteiger partial charge >= 0.3 is 0 Å². The van der Waals surface area contributed by atoms with Crippen LogP contribution in [0.15, 0.2) is 12.5 Å². The van der Waals surface area contributed by atoms with Crippen LogP contribution in [0, 0.1) is 4.77 Å². The Labute approximate surface area is 80.6 Å². The van der Waals surface area contributed by atoms with Gasteiger partial charge in [-0.2, -0.15) is 4.98 Å². The van der Waals surface area contributed by atoms with Gasteiger partial charge in [0, 0.05) is 12.2 Å². The molecular formula is C8H10N4S. The Morgan fingerprint density at radius 2 is 2.31 bits per heavy atom. The molecule has 0 saturated heterocycles. The molecule has 0 unspecified atom stereocenters. The zero-order chi connectivity index (χ0) is 9.42. The largest absolute Gasteiger partial charge is 0.342 e. The van der Waals surface area contributed by atoms with Crippen molar-refractivity contribution in [2.75, 3.05) is 0 Å². The molecule has 2 aromatic heterocycles. The minimum atomic E-state index is 0.327. The maximum absolute atomic E-state index is 5.12. The molecule has 2 rings (SSSR count). The number of aromatic nitrogens is 4. The molecule has 13 heavy (non-hydrogen) atoms. The van der Waals surface area contributed by atoms with Crippen molar-refractivity contribution in [1.82, 2.24) is 19.5 Å². The highest BCUT2D eigenvalue weighted by Gasteiger charge is 2.02. The van der Waals surface area contributed by atoms with E-state index in [0.717, 1.165) is 5.52 Å². The number of hydrogen-bond donors (Lipinski definition) is 1. The summed E-state index contributed by atoms with van der Waals surface area (Å²) in [7, 11) is 0. The average Bonchev–Trinajstić information content (AvgIpc) is 2.48. The maximum atomic E-state index is 5.12. The Hall–Kier alpha value is -1.23. The molecule has 5 heteroatoms. The van der Waals surface area contributed by atoms with Crippen molar-refractivity contribution in [1.29, 1.82) is 0 Å². The summed E-state index contributed by atoms with van der Waals surface area (Å²) in [5.74, 6) is 0. The van der Waals surface area contributed by atoms with Crippen molar-refractivity contribution in [3.63, 3.8) is 0 Å². The second-order valence-electron chi connectivity index (χ2n) is 3.16. The predicted molar refractivity (Wildman–Crippen MR) is 53.1 cm³/mol. The highest BCUT2D eigenvalue weighted by molar-refractivity contribution is 7.71. The Morgan fingerprint density at radius 3 is 3.00 bits per heavy atom. The molecule has 0 spiro atoms. The van der Waals surface area contributed by atoms with E-state index in [0.29, 0.717) is 16.5 Å². The second-order valence-corrected chi connectivity index (χ2v) is 3.53. The molecule has 2 heterocycles. The molecule has 0 saturated carbocycles. The van der Waals surface area contributed by atoms with Crippen LogP contribution in [0.4, 0.5) is 0 Å². The van der Waals surface area contributed by atoms with Crippen LogP contribution in [0.25, 0.3) is 11.2 Å². The molecule has 0 atom stereocenters. The van der Waals surface area contributed by atoms with E-state index in [1.54, 1.807) is 6.33 Å². The lowest BCUT2D eigenvalue weighted by molar-refractivity contribution is 0.581. The molecule has 0 aromatic carbocycles. The summed E-state index contributed by atoms with van der Waals surface area (Å²) >= 11 is 5.12. The van der Waals surface area contributed by atoms with Gasteiger partial charge in [0.2, 0.25) is 4.77 Å². The first kappa shape index (κ1) is 8.37. The third kappa shape index (κ3) is 1.35. The summed E-state index contributed by atoms with van der Waals surface area (Å²) in [6.07, 6.45) is 3.57. The summed E-state index contributed by atoms with van der Waals surface area (Å²) in [5, 5.41) is 0. The number of fused-ring (bicyclic) bond motifs is 1. The Balaban J connectivity index is 2.77. The standard InChI is InChI=1S/C8H10N4S/c1-5(2)12-3-6-7(10-4-9-6)11-8(12)13/h3-5H,1-2H3,(H,9,10,11,13). The fourth-order valence-corrected chi connectivity index (χ4v) is 1.54. The summed E-state index contributed by atoms with van der Waals surface area (Å²) in [4.78, 5) is 11.2. The van der Waals surface area contributed by atoms with Crippen molar-refractivity contribution in [2.45, 2.75) is 19.9 Å². The minimum Gasteiger partial charge on any atom is -0.342 e. The Bertz CT molecular complexity index is 482. The quantitative estimate of drug-likeness (QED) is 0.707. The lowest BCUT2D eigenvalue weighted by atomic mass is 10.4. The number of H-pyrrole nitrogens is 1. The van der Waals surface area contributed by atoms with Crippen LogP contribution in [0.5, 0.6) is 0 Å². The predicted octanol–water partition coefficient (Wildman–Crippen LogP) is 2.07. The molecular weight excluding hydrogens is 184 g/mol. The first-order valence-corrected chi connectivity index (χ1v) is 4.51. The van der Waals surface area contributed by atoms with Crippen molar-refractivity contribution < 1.29 is 0 Å². The average molecular weight is 194 g/mol. The molecule has 0 aliphatic rings. The minimum absolute atomic E-state index is 0.327. The molecule has 68 valence electrons. The smallest absolute Gasteiger partial charge is 0.201 e. The summed E-state index contributed by atoms with van der Waals surface area (Å²) in [5.41, 5.74) is 1.60. The van der Waals surface area contributed by atoms with Crippen LogP contribution < -0.4 is 0 Å². The lowest BCUT2D eigenvalue weighted by Crippen LogP contribution is -2.04. The van der Waals surface area contributed by atoms with Crippen molar-refractivity contribution in [3.8, 4) is 0 Å². The Morgan fingerprint density at radius 1 is 1.54 bits per heavy atom. The number of hydrogen-bond acceptors (Lipinski definition) is 3. The number of nitrogens with zero attached hydrogens (tertiary/aromatic N) is 3. The SMILES string of the molecule is CC(C)n1cc2[nH]cnc2nc1=S. The van der Waals surface area contributed by atoms with E-state index >= 15 is 0 Å². The van der Waals surface area contributed by atoms with E-state index in [9.17, 15) is 0 Å². The number of rotatable bonds is 1. The topological polar surface area (TPSA) is 46.5 Å². The van der Waals surface area contributed by atoms with Crippen LogP contribution in [0.2, 0.25) is 0 Å². The molecule has 0 fully saturated rings. The monoisotopic (exact) mass is 194 g/mol. The number of imidazole rings is 1. The van der Waals surface area contributed by atoms with Crippen LogP contribution in [-0.4, -0.2) is 19.5 Å². The molecule has 4 nitrogen and oxygen atoms in total. The fourth-order valence-electron chi connectivity index (χ4n) is 1.19. The van der Waals surface area contributed by atoms with Crippen LogP contribution in [0.3, 0.4) is 0 Å². The molecule has 2 aromatic rings. The summed E-state index contributed by atoms with van der Waals surface area (Å²) < 4.78 is 2.52. The highest BCUT2D eigenvalue weighted by Crippen LogP contribution is 2.10. The highest BCUT2D eigenvalue weighted by atomic mass is 32.1. The van der Waals surface area contributed by atoms with Crippen molar-refractivity contribution >= 4 is 23.4 Å². The van der Waals surface area contributed by atoms with E-state index in [2.05, 4.69) is 28.8 Å². The van der Waals surface area contributed by atoms with Crippen molar-refractivity contribution in [2.24, 2.45) is 0 Å². The first-order chi connectivity index (χ1) is 6.18. The van der Waals surface area contributed by atoms with Gasteiger partial charge in [-0.15, -0.1) is 0 Å². The van der Waals surface area contributed by atoms with Gasteiger partial charge in [0.15, 0.2) is 5.65 Å². The van der Waals surface area contributed by atoms with Gasteiger partial charge in [0.1, 0.15) is 5.52 Å². The zero-order valence-corrected chi connectivity index (χ0v) is 8.30. The van der Waals surface area contributed by atoms with E-state index in [4.69, 9.17) is 12.2 Å². The van der Waals surface area contributed by atoms with Crippen LogP contribution in [0.1, 0.15) is 19.9 Å². The van der Waals surface area contributed by atoms with Crippen molar-refractivity contribution in [3.05, 3.63) is 17.3 Å². The van der Waals surface area contributed by atoms with E-state index in [1.165, 1.54) is 0 Å². The van der Waals surface area contributed by atoms with Crippen LogP contribution >= 0.6 is 12.2 Å². The van der Waals surface area contributed by atoms with Crippen LogP contribution in [-0.2, 0) is 0 Å². The summed E-state index contributed by atoms with van der Waals surface area (Å²) in [6, 6.07) is 0.327. The molecule has 0 bridgehead atoms. The van der Waals surface area contributed by atoms with Gasteiger partial charge in [0.05, 0.1) is 6.33 Å². The lowest BCUT2D eigenvalue weighted by Gasteiger charge is -2.09. The third-order valence-corrected chi connectivity index (χ3v) is 2.20. The molecule has 1 N–H and O–H groups in total. The normalized spacial score (nSPS) is 11.3. The fraction of sp³-hybridized carbons (Fsp3) is 0.375. The van der Waals surface area contributed by atoms with Gasteiger partial charge in [-0.1, -0.05) is 0 Å². The first-order valence-electron chi connectivity index (χ1n) is 4.11. The molecule has 0 amide bonds. The number of aromatic amines is 1. The third-order valence-electron chi connectivity index (χ3n) is 1.89. The summed E-state index contributed by atoms with van der Waals surface area (Å²) in [6.45, 7) is 4.14. The number of nitrogens with one attached hydrogen (secondary N) is 1. The van der Waals surface area contributed by atoms with Gasteiger partial charge in [-0.25, -0.2) is 4.98 Å². The van der Waals surface area contributed by atoms with Gasteiger partial charge in [-0.3, -0.25) is 0 Å². The van der Waals surface area contributed by atoms with Gasteiger partial charge < -0.3 is 9.55 Å². The maximum Gasteiger partial charge on any atom is 0.201 e. The second kappa shape index (κ2) is 2.92. The van der Waals surface area contributed by atoms with E-state index in [-0.39, 0.29) is 0 Å². The van der Waals surface area contributed by atoms with E-state index in [1.807, 2.05) is 10.8 Å². The molecule has 0 radical (unpaired) electrons. The molecule has 0 aliphatic heterocycles. The van der Waals surface area contributed by atoms with Gasteiger partial charge in [0.25, 0.3) is 0 Å².